The number of benzene rings is 1. The Labute approximate surface area is 119 Å². The van der Waals surface area contributed by atoms with Crippen LogP contribution in [0.4, 0.5) is 18.9 Å². The second-order valence-electron chi connectivity index (χ2n) is 4.79. The Morgan fingerprint density at radius 3 is 2.48 bits per heavy atom. The summed E-state index contributed by atoms with van der Waals surface area (Å²) >= 11 is 0. The molecule has 1 heterocycles. The van der Waals surface area contributed by atoms with E-state index in [9.17, 15) is 13.2 Å². The van der Waals surface area contributed by atoms with E-state index in [1.807, 2.05) is 13.8 Å². The number of anilines is 1. The molecule has 0 spiro atoms. The lowest BCUT2D eigenvalue weighted by atomic mass is 10.1. The summed E-state index contributed by atoms with van der Waals surface area (Å²) < 4.78 is 44.2. The van der Waals surface area contributed by atoms with E-state index in [1.54, 1.807) is 0 Å². The summed E-state index contributed by atoms with van der Waals surface area (Å²) in [5.41, 5.74) is 5.16. The van der Waals surface area contributed by atoms with Gasteiger partial charge in [-0.3, -0.25) is 0 Å². The van der Waals surface area contributed by atoms with Crippen LogP contribution in [0.25, 0.3) is 0 Å². The van der Waals surface area contributed by atoms with Crippen LogP contribution >= 0.6 is 0 Å². The molecule has 0 aliphatic heterocycles. The molecule has 112 valence electrons. The van der Waals surface area contributed by atoms with Crippen LogP contribution in [-0.4, -0.2) is 9.97 Å². The Balaban J connectivity index is 2.38. The van der Waals surface area contributed by atoms with Gasteiger partial charge in [0.05, 0.1) is 5.69 Å². The zero-order chi connectivity index (χ0) is 15.6. The van der Waals surface area contributed by atoms with E-state index < -0.39 is 11.7 Å². The fourth-order valence-electron chi connectivity index (χ4n) is 1.70. The van der Waals surface area contributed by atoms with Gasteiger partial charge in [0.2, 0.25) is 5.88 Å². The molecule has 1 aromatic carbocycles. The van der Waals surface area contributed by atoms with Crippen LogP contribution in [0.5, 0.6) is 11.6 Å². The van der Waals surface area contributed by atoms with Crippen LogP contribution in [0.1, 0.15) is 31.0 Å². The molecule has 0 unspecified atom stereocenters. The van der Waals surface area contributed by atoms with Gasteiger partial charge in [-0.15, -0.1) is 0 Å². The maximum Gasteiger partial charge on any atom is 0.420 e. The summed E-state index contributed by atoms with van der Waals surface area (Å²) in [6.45, 7) is 3.83. The first-order valence-corrected chi connectivity index (χ1v) is 6.24. The van der Waals surface area contributed by atoms with Gasteiger partial charge in [0.25, 0.3) is 0 Å². The summed E-state index contributed by atoms with van der Waals surface area (Å²) in [5, 5.41) is 0. The van der Waals surface area contributed by atoms with Crippen LogP contribution in [0.15, 0.2) is 30.6 Å². The number of alkyl halides is 3. The van der Waals surface area contributed by atoms with Gasteiger partial charge in [-0.2, -0.15) is 13.2 Å². The molecule has 2 rings (SSSR count). The lowest BCUT2D eigenvalue weighted by Gasteiger charge is -2.14. The van der Waals surface area contributed by atoms with Crippen molar-refractivity contribution in [1.29, 1.82) is 0 Å². The minimum atomic E-state index is -4.56. The van der Waals surface area contributed by atoms with Crippen LogP contribution in [0.3, 0.4) is 0 Å². The lowest BCUT2D eigenvalue weighted by molar-refractivity contribution is -0.138. The van der Waals surface area contributed by atoms with E-state index in [1.165, 1.54) is 24.5 Å². The second kappa shape index (κ2) is 5.59. The van der Waals surface area contributed by atoms with E-state index in [0.717, 1.165) is 6.07 Å². The Kier molecular flexibility index (Phi) is 4.02. The molecule has 0 amide bonds. The molecule has 1 aromatic heterocycles. The summed E-state index contributed by atoms with van der Waals surface area (Å²) in [5.74, 6) is -0.169. The Morgan fingerprint density at radius 2 is 1.86 bits per heavy atom. The zero-order valence-corrected chi connectivity index (χ0v) is 11.5. The van der Waals surface area contributed by atoms with Crippen LogP contribution in [0, 0.1) is 0 Å². The van der Waals surface area contributed by atoms with Gasteiger partial charge in [0, 0.05) is 11.8 Å². The maximum atomic E-state index is 13.0. The number of halogens is 3. The van der Waals surface area contributed by atoms with Gasteiger partial charge >= 0.3 is 6.18 Å². The fourth-order valence-corrected chi connectivity index (χ4v) is 1.70. The van der Waals surface area contributed by atoms with E-state index in [4.69, 9.17) is 10.5 Å². The van der Waals surface area contributed by atoms with E-state index >= 15 is 0 Å². The van der Waals surface area contributed by atoms with Crippen LogP contribution in [-0.2, 0) is 6.18 Å². The average Bonchev–Trinajstić information content (AvgIpc) is 2.40. The van der Waals surface area contributed by atoms with Crippen molar-refractivity contribution >= 4 is 5.69 Å². The molecule has 0 saturated heterocycles. The molecule has 2 aromatic rings. The van der Waals surface area contributed by atoms with Crippen molar-refractivity contribution in [3.05, 3.63) is 41.9 Å². The largest absolute Gasteiger partial charge is 0.438 e. The van der Waals surface area contributed by atoms with Crippen LogP contribution in [0.2, 0.25) is 0 Å². The van der Waals surface area contributed by atoms with Crippen molar-refractivity contribution in [3.63, 3.8) is 0 Å². The third-order valence-electron chi connectivity index (χ3n) is 2.78. The Bertz CT molecular complexity index is 642. The van der Waals surface area contributed by atoms with Crippen molar-refractivity contribution in [2.45, 2.75) is 25.9 Å². The topological polar surface area (TPSA) is 61.0 Å². The van der Waals surface area contributed by atoms with Crippen molar-refractivity contribution in [1.82, 2.24) is 9.97 Å². The SMILES string of the molecule is CC(C)c1cc(Oc2ccc(N)cc2C(F)(F)F)ncn1. The van der Waals surface area contributed by atoms with Gasteiger partial charge in [0.15, 0.2) is 0 Å². The molecule has 0 fully saturated rings. The number of hydrogen-bond acceptors (Lipinski definition) is 4. The number of nitrogens with two attached hydrogens (primary N) is 1. The minimum Gasteiger partial charge on any atom is -0.438 e. The highest BCUT2D eigenvalue weighted by molar-refractivity contribution is 5.50. The first-order chi connectivity index (χ1) is 9.77. The van der Waals surface area contributed by atoms with E-state index in [-0.39, 0.29) is 23.2 Å². The minimum absolute atomic E-state index is 0.0141. The number of rotatable bonds is 3. The molecule has 0 bridgehead atoms. The van der Waals surface area contributed by atoms with Crippen molar-refractivity contribution in [2.75, 3.05) is 5.73 Å². The zero-order valence-electron chi connectivity index (χ0n) is 11.5. The normalized spacial score (nSPS) is 11.7. The highest BCUT2D eigenvalue weighted by Gasteiger charge is 2.35. The quantitative estimate of drug-likeness (QED) is 0.870. The number of hydrogen-bond donors (Lipinski definition) is 1. The van der Waals surface area contributed by atoms with E-state index in [2.05, 4.69) is 9.97 Å². The number of ether oxygens (including phenoxy) is 1. The number of nitrogens with zero attached hydrogens (tertiary/aromatic N) is 2. The molecule has 2 N–H and O–H groups in total. The highest BCUT2D eigenvalue weighted by atomic mass is 19.4. The fraction of sp³-hybridized carbons (Fsp3) is 0.286. The molecule has 7 heteroatoms. The van der Waals surface area contributed by atoms with Gasteiger partial charge in [-0.1, -0.05) is 13.8 Å². The lowest BCUT2D eigenvalue weighted by Crippen LogP contribution is -2.08. The maximum absolute atomic E-state index is 13.0. The average molecular weight is 297 g/mol. The standard InChI is InChI=1S/C14H14F3N3O/c1-8(2)11-6-13(20-7-19-11)21-12-4-3-9(18)5-10(12)14(15,16)17/h3-8H,18H2,1-2H3. The molecule has 0 aliphatic carbocycles. The summed E-state index contributed by atoms with van der Waals surface area (Å²) in [6.07, 6.45) is -3.30. The highest BCUT2D eigenvalue weighted by Crippen LogP contribution is 2.39. The third-order valence-corrected chi connectivity index (χ3v) is 2.78. The first kappa shape index (κ1) is 15.1. The van der Waals surface area contributed by atoms with Crippen LogP contribution < -0.4 is 10.5 Å². The smallest absolute Gasteiger partial charge is 0.420 e. The van der Waals surface area contributed by atoms with Gasteiger partial charge in [-0.05, 0) is 24.1 Å². The van der Waals surface area contributed by atoms with Gasteiger partial charge in [0.1, 0.15) is 17.6 Å². The Morgan fingerprint density at radius 1 is 1.14 bits per heavy atom. The van der Waals surface area contributed by atoms with Crippen molar-refractivity contribution in [3.8, 4) is 11.6 Å². The van der Waals surface area contributed by atoms with Crippen molar-refractivity contribution in [2.24, 2.45) is 0 Å². The number of aromatic nitrogens is 2. The summed E-state index contributed by atoms with van der Waals surface area (Å²) in [7, 11) is 0. The summed E-state index contributed by atoms with van der Waals surface area (Å²) in [6, 6.07) is 4.87. The predicted molar refractivity (Wildman–Crippen MR) is 72.1 cm³/mol. The monoisotopic (exact) mass is 297 g/mol. The predicted octanol–water partition coefficient (Wildman–Crippen LogP) is 3.99. The molecule has 0 aliphatic rings. The second-order valence-corrected chi connectivity index (χ2v) is 4.79. The Hall–Kier alpha value is -2.31. The molecule has 21 heavy (non-hydrogen) atoms. The third kappa shape index (κ3) is 3.62. The molecule has 4 nitrogen and oxygen atoms in total. The molecular weight excluding hydrogens is 283 g/mol. The summed E-state index contributed by atoms with van der Waals surface area (Å²) in [4.78, 5) is 7.86. The first-order valence-electron chi connectivity index (χ1n) is 6.24. The molecule has 0 saturated carbocycles. The van der Waals surface area contributed by atoms with Crippen molar-refractivity contribution < 1.29 is 17.9 Å². The molecule has 0 atom stereocenters. The van der Waals surface area contributed by atoms with E-state index in [0.29, 0.717) is 5.69 Å². The molecular formula is C14H14F3N3O. The van der Waals surface area contributed by atoms with Gasteiger partial charge < -0.3 is 10.5 Å². The molecule has 0 radical (unpaired) electrons. The van der Waals surface area contributed by atoms with Gasteiger partial charge in [-0.25, -0.2) is 9.97 Å². The number of nitrogen functional groups attached to an aromatic ring is 1.